The molecule has 3 rings (SSSR count). The van der Waals surface area contributed by atoms with Crippen molar-refractivity contribution in [1.82, 2.24) is 5.32 Å². The van der Waals surface area contributed by atoms with Crippen molar-refractivity contribution in [3.8, 4) is 0 Å². The first-order valence-corrected chi connectivity index (χ1v) is 9.34. The molecule has 0 bridgehead atoms. The van der Waals surface area contributed by atoms with Gasteiger partial charge >= 0.3 is 5.97 Å². The summed E-state index contributed by atoms with van der Waals surface area (Å²) in [6.45, 7) is -0.373. The van der Waals surface area contributed by atoms with E-state index in [9.17, 15) is 18.8 Å². The van der Waals surface area contributed by atoms with Gasteiger partial charge in [-0.05, 0) is 54.7 Å². The number of carbonyl (C=O) groups is 3. The number of benzene rings is 2. The summed E-state index contributed by atoms with van der Waals surface area (Å²) in [5.74, 6) is -1.68. The van der Waals surface area contributed by atoms with Crippen LogP contribution >= 0.6 is 0 Å². The van der Waals surface area contributed by atoms with Crippen molar-refractivity contribution in [1.29, 1.82) is 0 Å². The molecule has 0 spiro atoms. The Kier molecular flexibility index (Phi) is 6.53. The number of esters is 1. The second-order valence-corrected chi connectivity index (χ2v) is 6.80. The molecule has 1 N–H and O–H groups in total. The predicted octanol–water partition coefficient (Wildman–Crippen LogP) is 3.53. The number of amides is 1. The molecule has 2 aromatic carbocycles. The molecule has 2 aromatic rings. The van der Waals surface area contributed by atoms with Crippen LogP contribution in [0.3, 0.4) is 0 Å². The Morgan fingerprint density at radius 1 is 1.04 bits per heavy atom. The van der Waals surface area contributed by atoms with Gasteiger partial charge in [0.25, 0.3) is 5.91 Å². The van der Waals surface area contributed by atoms with Gasteiger partial charge in [0.2, 0.25) is 0 Å². The van der Waals surface area contributed by atoms with Crippen LogP contribution in [0.25, 0.3) is 0 Å². The quantitative estimate of drug-likeness (QED) is 0.586. The fourth-order valence-electron chi connectivity index (χ4n) is 3.35. The number of aryl methyl sites for hydroxylation is 1. The van der Waals surface area contributed by atoms with Crippen molar-refractivity contribution in [3.63, 3.8) is 0 Å². The highest BCUT2D eigenvalue weighted by Crippen LogP contribution is 2.29. The number of hydrogen-bond donors (Lipinski definition) is 1. The van der Waals surface area contributed by atoms with Crippen molar-refractivity contribution in [2.75, 3.05) is 6.61 Å². The zero-order valence-corrected chi connectivity index (χ0v) is 15.4. The Labute approximate surface area is 162 Å². The smallest absolute Gasteiger partial charge is 0.306 e. The monoisotopic (exact) mass is 383 g/mol. The summed E-state index contributed by atoms with van der Waals surface area (Å²) in [5.41, 5.74) is 2.68. The molecule has 6 heteroatoms. The normalized spacial score (nSPS) is 15.4. The van der Waals surface area contributed by atoms with Crippen LogP contribution in [0, 0.1) is 5.82 Å². The molecular formula is C22H22FNO4. The summed E-state index contributed by atoms with van der Waals surface area (Å²) in [4.78, 5) is 35.9. The maximum Gasteiger partial charge on any atom is 0.306 e. The minimum atomic E-state index is -0.616. The van der Waals surface area contributed by atoms with Gasteiger partial charge in [0.15, 0.2) is 12.4 Å². The van der Waals surface area contributed by atoms with Gasteiger partial charge in [-0.2, -0.15) is 0 Å². The molecule has 1 aliphatic carbocycles. The largest absolute Gasteiger partial charge is 0.456 e. The number of rotatable bonds is 7. The van der Waals surface area contributed by atoms with Crippen LogP contribution < -0.4 is 5.32 Å². The lowest BCUT2D eigenvalue weighted by Crippen LogP contribution is -2.34. The molecule has 28 heavy (non-hydrogen) atoms. The predicted molar refractivity (Wildman–Crippen MR) is 101 cm³/mol. The molecule has 0 saturated heterocycles. The molecule has 0 fully saturated rings. The van der Waals surface area contributed by atoms with Crippen LogP contribution in [0.1, 0.15) is 53.2 Å². The van der Waals surface area contributed by atoms with Crippen molar-refractivity contribution < 1.29 is 23.5 Å². The molecule has 146 valence electrons. The SMILES string of the molecule is O=C(COC(=O)CCC(=O)c1ccc(F)cc1)N[C@H]1CCCc2ccccc21. The minimum Gasteiger partial charge on any atom is -0.456 e. The van der Waals surface area contributed by atoms with Gasteiger partial charge in [-0.1, -0.05) is 24.3 Å². The van der Waals surface area contributed by atoms with Gasteiger partial charge < -0.3 is 10.1 Å². The van der Waals surface area contributed by atoms with Crippen LogP contribution in [0.2, 0.25) is 0 Å². The number of halogens is 1. The minimum absolute atomic E-state index is 0.0535. The fourth-order valence-corrected chi connectivity index (χ4v) is 3.35. The van der Waals surface area contributed by atoms with E-state index in [1.807, 2.05) is 18.2 Å². The van der Waals surface area contributed by atoms with Gasteiger partial charge in [0.1, 0.15) is 5.82 Å². The van der Waals surface area contributed by atoms with Gasteiger partial charge in [0, 0.05) is 12.0 Å². The van der Waals surface area contributed by atoms with Crippen LogP contribution in [0.15, 0.2) is 48.5 Å². The highest BCUT2D eigenvalue weighted by molar-refractivity contribution is 5.97. The summed E-state index contributed by atoms with van der Waals surface area (Å²) in [6, 6.07) is 13.1. The van der Waals surface area contributed by atoms with E-state index >= 15 is 0 Å². The van der Waals surface area contributed by atoms with E-state index in [-0.39, 0.29) is 37.2 Å². The third-order valence-electron chi connectivity index (χ3n) is 4.79. The Morgan fingerprint density at radius 2 is 1.79 bits per heavy atom. The van der Waals surface area contributed by atoms with E-state index < -0.39 is 11.8 Å². The number of nitrogens with one attached hydrogen (secondary N) is 1. The average Bonchev–Trinajstić information content (AvgIpc) is 2.71. The fraction of sp³-hybridized carbons (Fsp3) is 0.318. The number of Topliss-reactive ketones (excluding diaryl/α,β-unsaturated/α-hetero) is 1. The van der Waals surface area contributed by atoms with E-state index in [2.05, 4.69) is 11.4 Å². The van der Waals surface area contributed by atoms with Crippen LogP contribution in [-0.4, -0.2) is 24.3 Å². The van der Waals surface area contributed by atoms with Crippen LogP contribution in [0.4, 0.5) is 4.39 Å². The zero-order valence-electron chi connectivity index (χ0n) is 15.4. The van der Waals surface area contributed by atoms with Crippen molar-refractivity contribution in [3.05, 3.63) is 71.0 Å². The summed E-state index contributed by atoms with van der Waals surface area (Å²) in [5, 5.41) is 2.91. The molecule has 0 saturated carbocycles. The topological polar surface area (TPSA) is 72.5 Å². The molecule has 1 aliphatic rings. The van der Waals surface area contributed by atoms with Gasteiger partial charge in [-0.25, -0.2) is 4.39 Å². The third kappa shape index (κ3) is 5.25. The summed E-state index contributed by atoms with van der Waals surface area (Å²) in [6.07, 6.45) is 2.66. The Hall–Kier alpha value is -3.02. The van der Waals surface area contributed by atoms with E-state index in [0.29, 0.717) is 5.56 Å². The molecule has 0 unspecified atom stereocenters. The van der Waals surface area contributed by atoms with Crippen LogP contribution in [0.5, 0.6) is 0 Å². The van der Waals surface area contributed by atoms with Crippen molar-refractivity contribution >= 4 is 17.7 Å². The average molecular weight is 383 g/mol. The number of carbonyl (C=O) groups excluding carboxylic acids is 3. The van der Waals surface area contributed by atoms with Gasteiger partial charge in [-0.15, -0.1) is 0 Å². The first-order chi connectivity index (χ1) is 13.5. The molecule has 0 heterocycles. The number of ketones is 1. The first-order valence-electron chi connectivity index (χ1n) is 9.34. The lowest BCUT2D eigenvalue weighted by molar-refractivity contribution is -0.148. The van der Waals surface area contributed by atoms with Gasteiger partial charge in [-0.3, -0.25) is 14.4 Å². The van der Waals surface area contributed by atoms with E-state index in [0.717, 1.165) is 24.8 Å². The Morgan fingerprint density at radius 3 is 2.57 bits per heavy atom. The third-order valence-corrected chi connectivity index (χ3v) is 4.79. The summed E-state index contributed by atoms with van der Waals surface area (Å²) in [7, 11) is 0. The standard InChI is InChI=1S/C22H22FNO4/c23-17-10-8-16(9-11-17)20(25)12-13-22(27)28-14-21(26)24-19-7-3-5-15-4-1-2-6-18(15)19/h1-2,4,6,8-11,19H,3,5,7,12-14H2,(H,24,26)/t19-/m0/s1. The molecular weight excluding hydrogens is 361 g/mol. The maximum absolute atomic E-state index is 12.9. The number of hydrogen-bond acceptors (Lipinski definition) is 4. The summed E-state index contributed by atoms with van der Waals surface area (Å²) < 4.78 is 17.8. The van der Waals surface area contributed by atoms with E-state index in [1.165, 1.54) is 29.8 Å². The summed E-state index contributed by atoms with van der Waals surface area (Å²) >= 11 is 0. The Balaban J connectivity index is 1.42. The molecule has 0 aliphatic heterocycles. The lowest BCUT2D eigenvalue weighted by Gasteiger charge is -2.26. The van der Waals surface area contributed by atoms with Crippen LogP contribution in [-0.2, 0) is 20.7 Å². The number of fused-ring (bicyclic) bond motifs is 1. The van der Waals surface area contributed by atoms with Crippen molar-refractivity contribution in [2.24, 2.45) is 0 Å². The van der Waals surface area contributed by atoms with E-state index in [4.69, 9.17) is 4.74 Å². The second kappa shape index (κ2) is 9.26. The number of ether oxygens (including phenoxy) is 1. The van der Waals surface area contributed by atoms with Crippen molar-refractivity contribution in [2.45, 2.75) is 38.1 Å². The molecule has 0 aromatic heterocycles. The van der Waals surface area contributed by atoms with Gasteiger partial charge in [0.05, 0.1) is 12.5 Å². The molecule has 1 atom stereocenters. The lowest BCUT2D eigenvalue weighted by atomic mass is 9.88. The maximum atomic E-state index is 12.9. The molecule has 0 radical (unpaired) electrons. The highest BCUT2D eigenvalue weighted by Gasteiger charge is 2.21. The Bertz CT molecular complexity index is 863. The van der Waals surface area contributed by atoms with E-state index in [1.54, 1.807) is 0 Å². The molecule has 5 nitrogen and oxygen atoms in total. The molecule has 1 amide bonds. The first kappa shape index (κ1) is 19.7. The zero-order chi connectivity index (χ0) is 19.9. The second-order valence-electron chi connectivity index (χ2n) is 6.80. The highest BCUT2D eigenvalue weighted by atomic mass is 19.1.